The number of furan rings is 1. The van der Waals surface area contributed by atoms with Crippen molar-refractivity contribution in [3.8, 4) is 0 Å². The number of carbonyl (C=O) groups is 1. The maximum atomic E-state index is 12.3. The van der Waals surface area contributed by atoms with Crippen molar-refractivity contribution >= 4 is 5.91 Å². The van der Waals surface area contributed by atoms with Crippen LogP contribution in [0.5, 0.6) is 0 Å². The van der Waals surface area contributed by atoms with Crippen molar-refractivity contribution in [1.29, 1.82) is 0 Å². The second-order valence-electron chi connectivity index (χ2n) is 7.00. The van der Waals surface area contributed by atoms with Gasteiger partial charge in [0, 0.05) is 25.0 Å². The summed E-state index contributed by atoms with van der Waals surface area (Å²) in [5, 5.41) is 7.15. The van der Waals surface area contributed by atoms with Gasteiger partial charge in [-0.15, -0.1) is 0 Å². The third kappa shape index (κ3) is 3.92. The Balaban J connectivity index is 1.52. The highest BCUT2D eigenvalue weighted by atomic mass is 16.5. The molecule has 0 aromatic carbocycles. The summed E-state index contributed by atoms with van der Waals surface area (Å²) in [5.41, 5.74) is 0.614. The van der Waals surface area contributed by atoms with Crippen molar-refractivity contribution in [2.24, 2.45) is 0 Å². The largest absolute Gasteiger partial charge is 0.469 e. The van der Waals surface area contributed by atoms with Gasteiger partial charge in [-0.25, -0.2) is 0 Å². The minimum Gasteiger partial charge on any atom is -0.469 e. The number of likely N-dealkylation sites (tertiary alicyclic amines) is 1. The van der Waals surface area contributed by atoms with Crippen LogP contribution < -0.4 is 5.32 Å². The van der Waals surface area contributed by atoms with E-state index in [0.717, 1.165) is 31.8 Å². The van der Waals surface area contributed by atoms with Crippen LogP contribution in [-0.2, 0) is 0 Å². The first-order chi connectivity index (χ1) is 12.0. The topological polar surface area (TPSA) is 84.4 Å². The first-order valence-corrected chi connectivity index (χ1v) is 8.88. The number of nitrogens with zero attached hydrogens (tertiary/aromatic N) is 3. The molecule has 1 amide bonds. The molecule has 0 aliphatic carbocycles. The van der Waals surface area contributed by atoms with Crippen molar-refractivity contribution < 1.29 is 13.7 Å². The molecule has 0 unspecified atom stereocenters. The van der Waals surface area contributed by atoms with E-state index in [1.54, 1.807) is 19.3 Å². The van der Waals surface area contributed by atoms with Crippen LogP contribution in [0.15, 0.2) is 21.3 Å². The molecule has 0 bridgehead atoms. The lowest BCUT2D eigenvalue weighted by atomic mass is 10.0. The molecule has 1 fully saturated rings. The fourth-order valence-corrected chi connectivity index (χ4v) is 3.12. The van der Waals surface area contributed by atoms with E-state index >= 15 is 0 Å². The Labute approximate surface area is 147 Å². The number of piperidine rings is 1. The molecule has 2 aromatic heterocycles. The Morgan fingerprint density at radius 2 is 2.04 bits per heavy atom. The van der Waals surface area contributed by atoms with Gasteiger partial charge < -0.3 is 14.3 Å². The van der Waals surface area contributed by atoms with E-state index in [-0.39, 0.29) is 23.9 Å². The van der Waals surface area contributed by atoms with Gasteiger partial charge in [-0.1, -0.05) is 19.0 Å². The van der Waals surface area contributed by atoms with Gasteiger partial charge in [-0.05, 0) is 32.8 Å². The second kappa shape index (κ2) is 7.39. The molecule has 2 aromatic rings. The Kier molecular flexibility index (Phi) is 5.22. The average Bonchev–Trinajstić information content (AvgIpc) is 3.24. The molecule has 1 N–H and O–H groups in total. The van der Waals surface area contributed by atoms with E-state index in [0.29, 0.717) is 17.2 Å². The van der Waals surface area contributed by atoms with E-state index in [2.05, 4.69) is 41.1 Å². The first-order valence-electron chi connectivity index (χ1n) is 8.88. The molecule has 136 valence electrons. The summed E-state index contributed by atoms with van der Waals surface area (Å²) in [7, 11) is 0. The number of rotatable bonds is 5. The van der Waals surface area contributed by atoms with Crippen LogP contribution in [0.1, 0.15) is 73.4 Å². The van der Waals surface area contributed by atoms with Crippen molar-refractivity contribution in [3.63, 3.8) is 0 Å². The third-order valence-electron chi connectivity index (χ3n) is 4.85. The molecule has 3 rings (SSSR count). The minimum absolute atomic E-state index is 0.0591. The average molecular weight is 346 g/mol. The molecule has 1 atom stereocenters. The van der Waals surface area contributed by atoms with E-state index in [9.17, 15) is 4.79 Å². The standard InChI is InChI=1S/C18H26N4O3/c1-11(2)16-20-18(25-21-16)12(3)22-8-5-14(6-9-22)19-17(23)15-7-10-24-13(15)4/h7,10-12,14H,5-6,8-9H2,1-4H3,(H,19,23)/t12-/m0/s1. The van der Waals surface area contributed by atoms with Crippen LogP contribution in [0.2, 0.25) is 0 Å². The molecule has 25 heavy (non-hydrogen) atoms. The highest BCUT2D eigenvalue weighted by Crippen LogP contribution is 2.24. The van der Waals surface area contributed by atoms with Crippen LogP contribution in [0.4, 0.5) is 0 Å². The number of hydrogen-bond donors (Lipinski definition) is 1. The summed E-state index contributed by atoms with van der Waals surface area (Å²) in [6, 6.07) is 1.98. The van der Waals surface area contributed by atoms with Crippen LogP contribution in [0, 0.1) is 6.92 Å². The van der Waals surface area contributed by atoms with Crippen molar-refractivity contribution in [2.45, 2.75) is 58.5 Å². The Morgan fingerprint density at radius 3 is 2.60 bits per heavy atom. The summed E-state index contributed by atoms with van der Waals surface area (Å²) in [5.74, 6) is 2.27. The predicted molar refractivity (Wildman–Crippen MR) is 92.3 cm³/mol. The van der Waals surface area contributed by atoms with Gasteiger partial charge in [0.25, 0.3) is 5.91 Å². The van der Waals surface area contributed by atoms with Gasteiger partial charge in [0.1, 0.15) is 5.76 Å². The summed E-state index contributed by atoms with van der Waals surface area (Å²) in [6.45, 7) is 9.76. The maximum Gasteiger partial charge on any atom is 0.255 e. The number of aryl methyl sites for hydroxylation is 1. The molecule has 3 heterocycles. The minimum atomic E-state index is -0.0591. The lowest BCUT2D eigenvalue weighted by Crippen LogP contribution is -2.45. The summed E-state index contributed by atoms with van der Waals surface area (Å²) in [4.78, 5) is 19.1. The highest BCUT2D eigenvalue weighted by Gasteiger charge is 2.28. The molecule has 7 heteroatoms. The number of carbonyl (C=O) groups excluding carboxylic acids is 1. The van der Waals surface area contributed by atoms with Crippen LogP contribution in [-0.4, -0.2) is 40.1 Å². The van der Waals surface area contributed by atoms with Crippen LogP contribution in [0.3, 0.4) is 0 Å². The molecule has 1 aliphatic heterocycles. The summed E-state index contributed by atoms with van der Waals surface area (Å²) >= 11 is 0. The van der Waals surface area contributed by atoms with Crippen LogP contribution in [0.25, 0.3) is 0 Å². The van der Waals surface area contributed by atoms with Crippen molar-refractivity contribution in [3.05, 3.63) is 35.4 Å². The molecule has 0 saturated carbocycles. The normalized spacial score (nSPS) is 17.8. The zero-order valence-corrected chi connectivity index (χ0v) is 15.3. The van der Waals surface area contributed by atoms with Crippen molar-refractivity contribution in [2.75, 3.05) is 13.1 Å². The van der Waals surface area contributed by atoms with Gasteiger partial charge in [0.05, 0.1) is 17.9 Å². The van der Waals surface area contributed by atoms with Gasteiger partial charge in [0.15, 0.2) is 5.82 Å². The lowest BCUT2D eigenvalue weighted by Gasteiger charge is -2.34. The second-order valence-corrected chi connectivity index (χ2v) is 7.00. The summed E-state index contributed by atoms with van der Waals surface area (Å²) < 4.78 is 10.6. The maximum absolute atomic E-state index is 12.3. The molecular formula is C18H26N4O3. The van der Waals surface area contributed by atoms with E-state index in [1.807, 2.05) is 0 Å². The third-order valence-corrected chi connectivity index (χ3v) is 4.85. The van der Waals surface area contributed by atoms with Gasteiger partial charge in [0.2, 0.25) is 5.89 Å². The van der Waals surface area contributed by atoms with Crippen molar-refractivity contribution in [1.82, 2.24) is 20.4 Å². The number of amides is 1. The van der Waals surface area contributed by atoms with Crippen LogP contribution >= 0.6 is 0 Å². The molecule has 0 radical (unpaired) electrons. The molecule has 7 nitrogen and oxygen atoms in total. The SMILES string of the molecule is Cc1occc1C(=O)NC1CCN([C@@H](C)c2nc(C(C)C)no2)CC1. The smallest absolute Gasteiger partial charge is 0.255 e. The Bertz CT molecular complexity index is 713. The predicted octanol–water partition coefficient (Wildman–Crippen LogP) is 3.05. The monoisotopic (exact) mass is 346 g/mol. The molecule has 1 aliphatic rings. The Hall–Kier alpha value is -2.15. The first kappa shape index (κ1) is 17.7. The van der Waals surface area contributed by atoms with Gasteiger partial charge >= 0.3 is 0 Å². The van der Waals surface area contributed by atoms with E-state index in [1.165, 1.54) is 0 Å². The van der Waals surface area contributed by atoms with E-state index in [4.69, 9.17) is 8.94 Å². The zero-order valence-electron chi connectivity index (χ0n) is 15.3. The van der Waals surface area contributed by atoms with Gasteiger partial charge in [-0.2, -0.15) is 4.98 Å². The molecule has 1 saturated heterocycles. The quantitative estimate of drug-likeness (QED) is 0.896. The Morgan fingerprint density at radius 1 is 1.32 bits per heavy atom. The van der Waals surface area contributed by atoms with Gasteiger partial charge in [-0.3, -0.25) is 9.69 Å². The zero-order chi connectivity index (χ0) is 18.0. The lowest BCUT2D eigenvalue weighted by molar-refractivity contribution is 0.0880. The number of aromatic nitrogens is 2. The highest BCUT2D eigenvalue weighted by molar-refractivity contribution is 5.95. The molecule has 0 spiro atoms. The van der Waals surface area contributed by atoms with E-state index < -0.39 is 0 Å². The fraction of sp³-hybridized carbons (Fsp3) is 0.611. The molecular weight excluding hydrogens is 320 g/mol. The number of hydrogen-bond acceptors (Lipinski definition) is 6. The summed E-state index contributed by atoms with van der Waals surface area (Å²) in [6.07, 6.45) is 3.35. The number of nitrogens with one attached hydrogen (secondary N) is 1. The fourth-order valence-electron chi connectivity index (χ4n) is 3.12.